The number of carbonyl (C=O) groups is 2. The largest absolute Gasteiger partial charge is 0.325 e. The highest BCUT2D eigenvalue weighted by Crippen LogP contribution is 2.15. The Hall–Kier alpha value is -2.66. The Labute approximate surface area is 161 Å². The summed E-state index contributed by atoms with van der Waals surface area (Å²) in [7, 11) is 0. The summed E-state index contributed by atoms with van der Waals surface area (Å²) in [6, 6.07) is 15.5. The van der Waals surface area contributed by atoms with E-state index in [4.69, 9.17) is 0 Å². The maximum Gasteiger partial charge on any atom is 0.238 e. The Morgan fingerprint density at radius 2 is 1.41 bits per heavy atom. The van der Waals surface area contributed by atoms with Gasteiger partial charge in [0.15, 0.2) is 0 Å². The third-order valence-electron chi connectivity index (χ3n) is 4.37. The summed E-state index contributed by atoms with van der Waals surface area (Å²) in [4.78, 5) is 26.8. The highest BCUT2D eigenvalue weighted by atomic mass is 16.2. The molecule has 2 N–H and O–H groups in total. The van der Waals surface area contributed by atoms with Gasteiger partial charge in [0.2, 0.25) is 11.8 Å². The number of benzene rings is 2. The number of hydrogen-bond acceptors (Lipinski definition) is 3. The van der Waals surface area contributed by atoms with Crippen molar-refractivity contribution in [3.05, 3.63) is 59.7 Å². The van der Waals surface area contributed by atoms with Gasteiger partial charge in [0.25, 0.3) is 0 Å². The normalized spacial score (nSPS) is 10.7. The molecule has 0 atom stereocenters. The molecule has 0 aromatic heterocycles. The highest BCUT2D eigenvalue weighted by molar-refractivity contribution is 5.95. The second-order valence-corrected chi connectivity index (χ2v) is 6.63. The SMILES string of the molecule is CCCN(CC(=O)Nc1ccccc1C)CC(=O)Nc1ccccc1CC. The topological polar surface area (TPSA) is 61.4 Å². The van der Waals surface area contributed by atoms with Crippen LogP contribution in [0.3, 0.4) is 0 Å². The van der Waals surface area contributed by atoms with Gasteiger partial charge in [-0.1, -0.05) is 50.2 Å². The van der Waals surface area contributed by atoms with E-state index in [0.29, 0.717) is 6.54 Å². The maximum atomic E-state index is 12.5. The standard InChI is InChI=1S/C22H29N3O2/c1-4-14-25(15-21(26)23-19-12-8-6-10-17(19)3)16-22(27)24-20-13-9-7-11-18(20)5-2/h6-13H,4-5,14-16H2,1-3H3,(H,23,26)(H,24,27). The Morgan fingerprint density at radius 1 is 0.852 bits per heavy atom. The molecule has 0 saturated heterocycles. The van der Waals surface area contributed by atoms with Gasteiger partial charge in [-0.25, -0.2) is 0 Å². The van der Waals surface area contributed by atoms with Gasteiger partial charge < -0.3 is 10.6 Å². The molecule has 0 bridgehead atoms. The second-order valence-electron chi connectivity index (χ2n) is 6.63. The van der Waals surface area contributed by atoms with Crippen LogP contribution in [0.2, 0.25) is 0 Å². The first-order valence-electron chi connectivity index (χ1n) is 9.49. The third-order valence-corrected chi connectivity index (χ3v) is 4.37. The average molecular weight is 367 g/mol. The van der Waals surface area contributed by atoms with Crippen LogP contribution in [0, 0.1) is 6.92 Å². The van der Waals surface area contributed by atoms with Crippen molar-refractivity contribution in [2.45, 2.75) is 33.6 Å². The van der Waals surface area contributed by atoms with Gasteiger partial charge in [0.05, 0.1) is 13.1 Å². The van der Waals surface area contributed by atoms with Gasteiger partial charge in [-0.15, -0.1) is 0 Å². The smallest absolute Gasteiger partial charge is 0.238 e. The zero-order chi connectivity index (χ0) is 19.6. The van der Waals surface area contributed by atoms with E-state index in [1.165, 1.54) is 0 Å². The molecule has 0 unspecified atom stereocenters. The maximum absolute atomic E-state index is 12.5. The van der Waals surface area contributed by atoms with Crippen LogP contribution in [0.15, 0.2) is 48.5 Å². The Kier molecular flexibility index (Phi) is 8.01. The van der Waals surface area contributed by atoms with Crippen LogP contribution in [0.25, 0.3) is 0 Å². The molecule has 0 aliphatic rings. The molecule has 0 saturated carbocycles. The van der Waals surface area contributed by atoms with Gasteiger partial charge in [0.1, 0.15) is 0 Å². The molecule has 0 spiro atoms. The molecule has 2 aromatic carbocycles. The minimum absolute atomic E-state index is 0.104. The van der Waals surface area contributed by atoms with Crippen LogP contribution in [-0.2, 0) is 16.0 Å². The molecule has 5 heteroatoms. The van der Waals surface area contributed by atoms with Crippen LogP contribution in [-0.4, -0.2) is 36.3 Å². The fourth-order valence-corrected chi connectivity index (χ4v) is 2.98. The molecule has 2 aromatic rings. The van der Waals surface area contributed by atoms with Gasteiger partial charge in [-0.3, -0.25) is 14.5 Å². The van der Waals surface area contributed by atoms with Crippen molar-refractivity contribution in [1.29, 1.82) is 0 Å². The number of rotatable bonds is 9. The number of para-hydroxylation sites is 2. The fraction of sp³-hybridized carbons (Fsp3) is 0.364. The molecule has 2 rings (SSSR count). The Bertz CT molecular complexity index is 774. The number of aryl methyl sites for hydroxylation is 2. The first-order chi connectivity index (χ1) is 13.0. The fourth-order valence-electron chi connectivity index (χ4n) is 2.98. The molecular formula is C22H29N3O2. The minimum atomic E-state index is -0.112. The van der Waals surface area contributed by atoms with Crippen molar-refractivity contribution in [1.82, 2.24) is 4.90 Å². The second kappa shape index (κ2) is 10.5. The molecule has 0 fully saturated rings. The molecule has 2 amide bonds. The van der Waals surface area contributed by atoms with E-state index in [9.17, 15) is 9.59 Å². The first-order valence-corrected chi connectivity index (χ1v) is 9.49. The van der Waals surface area contributed by atoms with Crippen LogP contribution in [0.5, 0.6) is 0 Å². The Morgan fingerprint density at radius 3 is 2.00 bits per heavy atom. The van der Waals surface area contributed by atoms with Crippen molar-refractivity contribution in [3.8, 4) is 0 Å². The molecule has 0 radical (unpaired) electrons. The van der Waals surface area contributed by atoms with Gasteiger partial charge in [0, 0.05) is 11.4 Å². The zero-order valence-electron chi connectivity index (χ0n) is 16.4. The van der Waals surface area contributed by atoms with Crippen molar-refractivity contribution < 1.29 is 9.59 Å². The zero-order valence-corrected chi connectivity index (χ0v) is 16.4. The van der Waals surface area contributed by atoms with E-state index in [0.717, 1.165) is 35.3 Å². The van der Waals surface area contributed by atoms with Crippen LogP contribution >= 0.6 is 0 Å². The van der Waals surface area contributed by atoms with Crippen molar-refractivity contribution in [2.75, 3.05) is 30.3 Å². The highest BCUT2D eigenvalue weighted by Gasteiger charge is 2.15. The molecule has 0 heterocycles. The summed E-state index contributed by atoms with van der Waals surface area (Å²) >= 11 is 0. The molecule has 27 heavy (non-hydrogen) atoms. The lowest BCUT2D eigenvalue weighted by Gasteiger charge is -2.21. The molecule has 0 aliphatic carbocycles. The summed E-state index contributed by atoms with van der Waals surface area (Å²) in [6.07, 6.45) is 1.73. The Balaban J connectivity index is 1.95. The van der Waals surface area contributed by atoms with Crippen molar-refractivity contribution in [3.63, 3.8) is 0 Å². The quantitative estimate of drug-likeness (QED) is 0.708. The lowest BCUT2D eigenvalue weighted by atomic mass is 10.1. The lowest BCUT2D eigenvalue weighted by molar-refractivity contribution is -0.120. The number of carbonyl (C=O) groups excluding carboxylic acids is 2. The third kappa shape index (κ3) is 6.53. The lowest BCUT2D eigenvalue weighted by Crippen LogP contribution is -2.39. The summed E-state index contributed by atoms with van der Waals surface area (Å²) < 4.78 is 0. The van der Waals surface area contributed by atoms with Crippen LogP contribution in [0.4, 0.5) is 11.4 Å². The minimum Gasteiger partial charge on any atom is -0.325 e. The van der Waals surface area contributed by atoms with Crippen molar-refractivity contribution >= 4 is 23.2 Å². The molecule has 0 aliphatic heterocycles. The monoisotopic (exact) mass is 367 g/mol. The average Bonchev–Trinajstić information content (AvgIpc) is 2.64. The van der Waals surface area contributed by atoms with E-state index in [1.54, 1.807) is 0 Å². The summed E-state index contributed by atoms with van der Waals surface area (Å²) in [5.41, 5.74) is 3.76. The van der Waals surface area contributed by atoms with Crippen LogP contribution in [0.1, 0.15) is 31.4 Å². The molecular weight excluding hydrogens is 338 g/mol. The summed E-state index contributed by atoms with van der Waals surface area (Å²) in [5, 5.41) is 5.90. The van der Waals surface area contributed by atoms with Crippen molar-refractivity contribution in [2.24, 2.45) is 0 Å². The number of hydrogen-bond donors (Lipinski definition) is 2. The van der Waals surface area contributed by atoms with Gasteiger partial charge >= 0.3 is 0 Å². The molecule has 5 nitrogen and oxygen atoms in total. The number of nitrogens with one attached hydrogen (secondary N) is 2. The predicted molar refractivity (Wildman–Crippen MR) is 111 cm³/mol. The van der Waals surface area contributed by atoms with Gasteiger partial charge in [-0.2, -0.15) is 0 Å². The van der Waals surface area contributed by atoms with Crippen LogP contribution < -0.4 is 10.6 Å². The first kappa shape index (κ1) is 20.6. The van der Waals surface area contributed by atoms with E-state index < -0.39 is 0 Å². The van der Waals surface area contributed by atoms with E-state index >= 15 is 0 Å². The van der Waals surface area contributed by atoms with Gasteiger partial charge in [-0.05, 0) is 49.6 Å². The molecule has 144 valence electrons. The van der Waals surface area contributed by atoms with E-state index in [1.807, 2.05) is 67.3 Å². The number of amides is 2. The summed E-state index contributed by atoms with van der Waals surface area (Å²) in [5.74, 6) is -0.215. The van der Waals surface area contributed by atoms with E-state index in [2.05, 4.69) is 17.6 Å². The summed E-state index contributed by atoms with van der Waals surface area (Å²) in [6.45, 7) is 7.11. The van der Waals surface area contributed by atoms with E-state index in [-0.39, 0.29) is 24.9 Å². The predicted octanol–water partition coefficient (Wildman–Crippen LogP) is 3.85. The number of nitrogens with zero attached hydrogens (tertiary/aromatic N) is 1. The number of anilines is 2.